The van der Waals surface area contributed by atoms with Crippen LogP contribution in [0.5, 0.6) is 0 Å². The molecular weight excluding hydrogens is 464 g/mol. The van der Waals surface area contributed by atoms with Crippen molar-refractivity contribution < 1.29 is 29.4 Å². The third kappa shape index (κ3) is 8.48. The van der Waals surface area contributed by atoms with E-state index in [1.807, 2.05) is 17.0 Å². The van der Waals surface area contributed by atoms with Gasteiger partial charge in [0.25, 0.3) is 11.8 Å². The van der Waals surface area contributed by atoms with Gasteiger partial charge in [-0.05, 0) is 55.5 Å². The smallest absolute Gasteiger partial charge is 0.268 e. The van der Waals surface area contributed by atoms with Gasteiger partial charge in [-0.25, -0.2) is 5.48 Å². The Morgan fingerprint density at radius 3 is 2.08 bits per heavy atom. The molecule has 0 aliphatic carbocycles. The van der Waals surface area contributed by atoms with Gasteiger partial charge < -0.3 is 20.5 Å². The lowest BCUT2D eigenvalue weighted by Gasteiger charge is -2.25. The van der Waals surface area contributed by atoms with Gasteiger partial charge in [0.2, 0.25) is 5.91 Å². The molecule has 1 heterocycles. The molecule has 2 aromatic rings. The fourth-order valence-corrected chi connectivity index (χ4v) is 3.35. The minimum atomic E-state index is -1.29. The van der Waals surface area contributed by atoms with Gasteiger partial charge in [0.1, 0.15) is 6.04 Å². The molecule has 1 aliphatic rings. The summed E-state index contributed by atoms with van der Waals surface area (Å²) in [6, 6.07) is 12.3. The quantitative estimate of drug-likeness (QED) is 0.219. The summed E-state index contributed by atoms with van der Waals surface area (Å²) in [5, 5.41) is 23.6. The summed E-state index contributed by atoms with van der Waals surface area (Å²) in [6.07, 6.45) is -1.19. The van der Waals surface area contributed by atoms with E-state index in [1.165, 1.54) is 12.4 Å². The molecule has 10 nitrogen and oxygen atoms in total. The lowest BCUT2D eigenvalue weighted by atomic mass is 10.1. The Labute approximate surface area is 210 Å². The van der Waals surface area contributed by atoms with E-state index in [-0.39, 0.29) is 18.9 Å². The van der Waals surface area contributed by atoms with Crippen LogP contribution in [0.25, 0.3) is 0 Å². The van der Waals surface area contributed by atoms with Gasteiger partial charge in [-0.1, -0.05) is 19.3 Å². The van der Waals surface area contributed by atoms with Crippen molar-refractivity contribution in [2.75, 3.05) is 38.2 Å². The zero-order valence-corrected chi connectivity index (χ0v) is 19.3. The molecule has 5 N–H and O–H groups in total. The van der Waals surface area contributed by atoms with Crippen molar-refractivity contribution in [2.24, 2.45) is 0 Å². The Morgan fingerprint density at radius 1 is 1.00 bits per heavy atom. The van der Waals surface area contributed by atoms with Crippen molar-refractivity contribution in [3.63, 3.8) is 0 Å². The van der Waals surface area contributed by atoms with Crippen molar-refractivity contribution >= 4 is 23.4 Å². The van der Waals surface area contributed by atoms with Crippen LogP contribution in [0.15, 0.2) is 48.5 Å². The summed E-state index contributed by atoms with van der Waals surface area (Å²) in [5.74, 6) is 4.46. The number of aliphatic hydroxyl groups is 1. The van der Waals surface area contributed by atoms with E-state index >= 15 is 0 Å². The number of carbonyl (C=O) groups excluding carboxylic acids is 3. The molecule has 0 unspecified atom stereocenters. The van der Waals surface area contributed by atoms with Gasteiger partial charge in [0, 0.05) is 35.5 Å². The number of hydrogen-bond donors (Lipinski definition) is 5. The predicted molar refractivity (Wildman–Crippen MR) is 134 cm³/mol. The Balaban J connectivity index is 0.00000456. The normalized spacial score (nSPS) is 14.8. The van der Waals surface area contributed by atoms with Gasteiger partial charge in [0.05, 0.1) is 25.9 Å². The Kier molecular flexibility index (Phi) is 11.1. The number of hydrogen-bond acceptors (Lipinski definition) is 7. The van der Waals surface area contributed by atoms with E-state index in [2.05, 4.69) is 22.5 Å². The van der Waals surface area contributed by atoms with Crippen LogP contribution < -0.4 is 16.1 Å². The summed E-state index contributed by atoms with van der Waals surface area (Å²) in [6.45, 7) is 4.43. The Hall–Kier alpha value is -3.75. The second kappa shape index (κ2) is 14.0. The van der Waals surface area contributed by atoms with Gasteiger partial charge in [-0.3, -0.25) is 24.5 Å². The van der Waals surface area contributed by atoms with Crippen LogP contribution in [0.3, 0.4) is 0 Å². The maximum absolute atomic E-state index is 12.3. The first-order valence-corrected chi connectivity index (χ1v) is 11.1. The SMILES string of the molecule is C.C[C@@H](O)[C@H](NC(=O)c1ccc(C#Cc2ccc(NC(=O)CN3CCOCC3)cc2)cc1)C(=O)NO. The maximum Gasteiger partial charge on any atom is 0.268 e. The molecule has 0 aromatic heterocycles. The van der Waals surface area contributed by atoms with Gasteiger partial charge >= 0.3 is 0 Å². The van der Waals surface area contributed by atoms with Gasteiger partial charge in [0.15, 0.2) is 0 Å². The average molecular weight is 497 g/mol. The van der Waals surface area contributed by atoms with Crippen LogP contribution in [-0.4, -0.2) is 77.9 Å². The second-order valence-electron chi connectivity index (χ2n) is 8.01. The highest BCUT2D eigenvalue weighted by Gasteiger charge is 2.25. The first-order valence-electron chi connectivity index (χ1n) is 11.1. The van der Waals surface area contributed by atoms with E-state index in [9.17, 15) is 19.5 Å². The third-order valence-electron chi connectivity index (χ3n) is 5.30. The topological polar surface area (TPSA) is 140 Å². The van der Waals surface area contributed by atoms with E-state index in [1.54, 1.807) is 36.4 Å². The van der Waals surface area contributed by atoms with Crippen LogP contribution in [0.4, 0.5) is 5.69 Å². The zero-order valence-electron chi connectivity index (χ0n) is 19.3. The largest absolute Gasteiger partial charge is 0.391 e. The van der Waals surface area contributed by atoms with Gasteiger partial charge in [-0.2, -0.15) is 0 Å². The zero-order chi connectivity index (χ0) is 25.2. The number of ether oxygens (including phenoxy) is 1. The molecule has 36 heavy (non-hydrogen) atoms. The van der Waals surface area contributed by atoms with Crippen LogP contribution >= 0.6 is 0 Å². The van der Waals surface area contributed by atoms with Crippen LogP contribution in [0, 0.1) is 11.8 Å². The van der Waals surface area contributed by atoms with Crippen molar-refractivity contribution in [1.29, 1.82) is 0 Å². The lowest BCUT2D eigenvalue weighted by Crippen LogP contribution is -2.51. The molecule has 0 spiro atoms. The van der Waals surface area contributed by atoms with Crippen LogP contribution in [-0.2, 0) is 14.3 Å². The summed E-state index contributed by atoms with van der Waals surface area (Å²) in [4.78, 5) is 38.1. The number of carbonyl (C=O) groups is 3. The summed E-state index contributed by atoms with van der Waals surface area (Å²) < 4.78 is 5.28. The van der Waals surface area contributed by atoms with Gasteiger partial charge in [-0.15, -0.1) is 0 Å². The van der Waals surface area contributed by atoms with Crippen molar-refractivity contribution in [1.82, 2.24) is 15.7 Å². The number of nitrogens with zero attached hydrogens (tertiary/aromatic N) is 1. The first-order chi connectivity index (χ1) is 16.9. The minimum absolute atomic E-state index is 0. The van der Waals surface area contributed by atoms with Crippen LogP contribution in [0.2, 0.25) is 0 Å². The molecule has 10 heteroatoms. The summed E-state index contributed by atoms with van der Waals surface area (Å²) in [7, 11) is 0. The van der Waals surface area contributed by atoms with E-state index < -0.39 is 24.0 Å². The molecule has 192 valence electrons. The molecule has 3 rings (SSSR count). The van der Waals surface area contributed by atoms with Crippen molar-refractivity contribution in [3.05, 3.63) is 65.2 Å². The number of nitrogens with one attached hydrogen (secondary N) is 3. The van der Waals surface area contributed by atoms with Crippen LogP contribution in [0.1, 0.15) is 35.8 Å². The van der Waals surface area contributed by atoms with E-state index in [4.69, 9.17) is 9.94 Å². The summed E-state index contributed by atoms with van der Waals surface area (Å²) in [5.41, 5.74) is 3.80. The lowest BCUT2D eigenvalue weighted by molar-refractivity contribution is -0.133. The monoisotopic (exact) mass is 496 g/mol. The number of hydroxylamine groups is 1. The highest BCUT2D eigenvalue weighted by atomic mass is 16.5. The molecule has 1 saturated heterocycles. The molecule has 2 atom stereocenters. The molecule has 0 radical (unpaired) electrons. The van der Waals surface area contributed by atoms with E-state index in [0.717, 1.165) is 18.7 Å². The fraction of sp³-hybridized carbons (Fsp3) is 0.346. The average Bonchev–Trinajstić information content (AvgIpc) is 2.87. The molecule has 1 fully saturated rings. The number of aliphatic hydroxyl groups excluding tert-OH is 1. The standard InChI is InChI=1S/C25H28N4O6.CH4/c1-17(30)23(25(33)28-34)27-24(32)20-8-4-18(5-9-20)2-3-19-6-10-21(11-7-19)26-22(31)16-29-12-14-35-15-13-29;/h4-11,17,23,30,34H,12-16H2,1H3,(H,26,31)(H,27,32)(H,28,33);1H4/t17-,23+;/m1./s1. The number of benzene rings is 2. The molecule has 0 saturated carbocycles. The fourth-order valence-electron chi connectivity index (χ4n) is 3.35. The summed E-state index contributed by atoms with van der Waals surface area (Å²) >= 11 is 0. The number of anilines is 1. The number of rotatable bonds is 7. The Morgan fingerprint density at radius 2 is 1.56 bits per heavy atom. The predicted octanol–water partition coefficient (Wildman–Crippen LogP) is 0.978. The number of amides is 3. The highest BCUT2D eigenvalue weighted by Crippen LogP contribution is 2.10. The highest BCUT2D eigenvalue weighted by molar-refractivity contribution is 5.97. The molecule has 0 bridgehead atoms. The molecule has 1 aliphatic heterocycles. The molecule has 2 aromatic carbocycles. The molecule has 3 amide bonds. The second-order valence-corrected chi connectivity index (χ2v) is 8.01. The number of morpholine rings is 1. The molecular formula is C26H32N4O6. The van der Waals surface area contributed by atoms with Crippen molar-refractivity contribution in [3.8, 4) is 11.8 Å². The minimum Gasteiger partial charge on any atom is -0.391 e. The Bertz CT molecular complexity index is 1080. The first kappa shape index (κ1) is 28.5. The van der Waals surface area contributed by atoms with E-state index in [0.29, 0.717) is 31.0 Å². The third-order valence-corrected chi connectivity index (χ3v) is 5.30. The maximum atomic E-state index is 12.3. The van der Waals surface area contributed by atoms with Crippen molar-refractivity contribution in [2.45, 2.75) is 26.5 Å².